The van der Waals surface area contributed by atoms with Gasteiger partial charge in [-0.25, -0.2) is 13.8 Å². The number of thiophene rings is 1. The molecule has 0 unspecified atom stereocenters. The van der Waals surface area contributed by atoms with E-state index in [-0.39, 0.29) is 24.6 Å². The molecule has 3 N–H and O–H groups in total. The van der Waals surface area contributed by atoms with Gasteiger partial charge in [0.1, 0.15) is 11.2 Å². The van der Waals surface area contributed by atoms with Crippen molar-refractivity contribution in [1.29, 1.82) is 0 Å². The molecule has 0 spiro atoms. The predicted octanol–water partition coefficient (Wildman–Crippen LogP) is 4.07. The van der Waals surface area contributed by atoms with Crippen molar-refractivity contribution >= 4 is 34.2 Å². The number of hydrogen-bond donors (Lipinski definition) is 3. The normalized spacial score (nSPS) is 11.0. The number of benzene rings is 1. The SMILES string of the molecule is CNC(=O)c1cnc2[nH]cc(-c3ccc(CNC(=O)c4cccn(Cc5ccc(F)c(F)c5)c4=O)s3)c2c1. The maximum atomic E-state index is 13.5. The van der Waals surface area contributed by atoms with Crippen molar-refractivity contribution in [2.24, 2.45) is 0 Å². The fraction of sp³-hybridized carbons (Fsp3) is 0.111. The van der Waals surface area contributed by atoms with E-state index in [2.05, 4.69) is 20.6 Å². The molecular weight excluding hydrogens is 512 g/mol. The number of H-pyrrole nitrogens is 1. The lowest BCUT2D eigenvalue weighted by atomic mass is 10.1. The van der Waals surface area contributed by atoms with Crippen molar-refractivity contribution in [3.05, 3.63) is 111 Å². The molecule has 0 atom stereocenters. The van der Waals surface area contributed by atoms with Crippen LogP contribution in [0.5, 0.6) is 0 Å². The first kappa shape index (κ1) is 25.0. The second-order valence-electron chi connectivity index (χ2n) is 8.45. The molecule has 1 aromatic carbocycles. The Morgan fingerprint density at radius 1 is 1.08 bits per heavy atom. The minimum absolute atomic E-state index is 0.00739. The fourth-order valence-corrected chi connectivity index (χ4v) is 5.00. The smallest absolute Gasteiger partial charge is 0.263 e. The monoisotopic (exact) mass is 533 g/mol. The van der Waals surface area contributed by atoms with Gasteiger partial charge in [0.05, 0.1) is 18.7 Å². The van der Waals surface area contributed by atoms with Gasteiger partial charge in [-0.1, -0.05) is 6.07 Å². The molecule has 5 aromatic rings. The lowest BCUT2D eigenvalue weighted by molar-refractivity contribution is 0.0945. The molecule has 8 nitrogen and oxygen atoms in total. The summed E-state index contributed by atoms with van der Waals surface area (Å²) in [6.45, 7) is 0.192. The van der Waals surface area contributed by atoms with E-state index in [1.54, 1.807) is 19.2 Å². The van der Waals surface area contributed by atoms with Crippen molar-refractivity contribution in [2.75, 3.05) is 7.05 Å². The molecule has 5 rings (SSSR count). The van der Waals surface area contributed by atoms with Crippen molar-refractivity contribution in [1.82, 2.24) is 25.2 Å². The van der Waals surface area contributed by atoms with Crippen molar-refractivity contribution in [3.8, 4) is 10.4 Å². The van der Waals surface area contributed by atoms with Crippen LogP contribution in [-0.4, -0.2) is 33.4 Å². The number of nitrogens with one attached hydrogen (secondary N) is 3. The fourth-order valence-electron chi connectivity index (χ4n) is 4.02. The molecule has 0 saturated heterocycles. The average Bonchev–Trinajstić information content (AvgIpc) is 3.56. The van der Waals surface area contributed by atoms with Gasteiger partial charge in [-0.15, -0.1) is 11.3 Å². The van der Waals surface area contributed by atoms with E-state index < -0.39 is 23.1 Å². The van der Waals surface area contributed by atoms with Gasteiger partial charge in [0.25, 0.3) is 17.4 Å². The molecule has 0 radical (unpaired) electrons. The zero-order valence-corrected chi connectivity index (χ0v) is 20.9. The number of hydrogen-bond acceptors (Lipinski definition) is 5. The molecule has 4 heterocycles. The van der Waals surface area contributed by atoms with Gasteiger partial charge >= 0.3 is 0 Å². The largest absolute Gasteiger partial charge is 0.355 e. The molecule has 0 fully saturated rings. The second-order valence-corrected chi connectivity index (χ2v) is 9.62. The first-order chi connectivity index (χ1) is 18.3. The van der Waals surface area contributed by atoms with Crippen molar-refractivity contribution < 1.29 is 18.4 Å². The third kappa shape index (κ3) is 4.96. The van der Waals surface area contributed by atoms with Crippen LogP contribution < -0.4 is 16.2 Å². The molecule has 38 heavy (non-hydrogen) atoms. The topological polar surface area (TPSA) is 109 Å². The first-order valence-corrected chi connectivity index (χ1v) is 12.4. The number of nitrogens with zero attached hydrogens (tertiary/aromatic N) is 2. The number of carbonyl (C=O) groups excluding carboxylic acids is 2. The number of fused-ring (bicyclic) bond motifs is 1. The molecule has 11 heteroatoms. The summed E-state index contributed by atoms with van der Waals surface area (Å²) in [6, 6.07) is 11.9. The van der Waals surface area contributed by atoms with Gasteiger partial charge in [-0.05, 0) is 48.0 Å². The Kier molecular flexibility index (Phi) is 6.84. The van der Waals surface area contributed by atoms with Crippen LogP contribution in [0.4, 0.5) is 8.78 Å². The quantitative estimate of drug-likeness (QED) is 0.293. The number of carbonyl (C=O) groups is 2. The number of amides is 2. The van der Waals surface area contributed by atoms with Gasteiger partial charge in [0, 0.05) is 46.3 Å². The van der Waals surface area contributed by atoms with Gasteiger partial charge in [0.15, 0.2) is 11.6 Å². The zero-order chi connectivity index (χ0) is 26.8. The molecule has 0 bridgehead atoms. The van der Waals surface area contributed by atoms with Crippen molar-refractivity contribution in [3.63, 3.8) is 0 Å². The Bertz CT molecular complexity index is 1740. The number of pyridine rings is 2. The van der Waals surface area contributed by atoms with Crippen LogP contribution >= 0.6 is 11.3 Å². The van der Waals surface area contributed by atoms with Gasteiger partial charge in [-0.3, -0.25) is 14.4 Å². The maximum absolute atomic E-state index is 13.5. The van der Waals surface area contributed by atoms with Crippen LogP contribution in [0.3, 0.4) is 0 Å². The maximum Gasteiger partial charge on any atom is 0.263 e. The van der Waals surface area contributed by atoms with E-state index in [1.807, 2.05) is 18.3 Å². The Balaban J connectivity index is 1.30. The van der Waals surface area contributed by atoms with Crippen LogP contribution in [0.15, 0.2) is 71.9 Å². The number of aromatic amines is 1. The summed E-state index contributed by atoms with van der Waals surface area (Å²) >= 11 is 1.46. The summed E-state index contributed by atoms with van der Waals surface area (Å²) in [7, 11) is 1.56. The zero-order valence-electron chi connectivity index (χ0n) is 20.0. The molecule has 0 aliphatic rings. The van der Waals surface area contributed by atoms with E-state index in [0.29, 0.717) is 16.8 Å². The molecule has 0 aliphatic carbocycles. The summed E-state index contributed by atoms with van der Waals surface area (Å²) in [5, 5.41) is 6.15. The van der Waals surface area contributed by atoms with Crippen LogP contribution in [-0.2, 0) is 13.1 Å². The first-order valence-electron chi connectivity index (χ1n) is 11.5. The third-order valence-corrected chi connectivity index (χ3v) is 7.09. The molecule has 0 saturated carbocycles. The minimum atomic E-state index is -1.00. The van der Waals surface area contributed by atoms with Crippen LogP contribution in [0.25, 0.3) is 21.5 Å². The highest BCUT2D eigenvalue weighted by Crippen LogP contribution is 2.33. The Labute approximate surface area is 219 Å². The van der Waals surface area contributed by atoms with Crippen LogP contribution in [0, 0.1) is 11.6 Å². The summed E-state index contributed by atoms with van der Waals surface area (Å²) in [4.78, 5) is 46.9. The third-order valence-electron chi connectivity index (χ3n) is 5.97. The number of aromatic nitrogens is 3. The van der Waals surface area contributed by atoms with E-state index in [9.17, 15) is 23.2 Å². The van der Waals surface area contributed by atoms with Gasteiger partial charge in [-0.2, -0.15) is 0 Å². The van der Waals surface area contributed by atoms with Gasteiger partial charge in [0.2, 0.25) is 0 Å². The van der Waals surface area contributed by atoms with E-state index in [4.69, 9.17) is 0 Å². The molecule has 192 valence electrons. The molecule has 0 aliphatic heterocycles. The van der Waals surface area contributed by atoms with Crippen LogP contribution in [0.2, 0.25) is 0 Å². The average molecular weight is 534 g/mol. The predicted molar refractivity (Wildman–Crippen MR) is 140 cm³/mol. The van der Waals surface area contributed by atoms with Crippen molar-refractivity contribution in [2.45, 2.75) is 13.1 Å². The Hall–Kier alpha value is -4.64. The summed E-state index contributed by atoms with van der Waals surface area (Å²) in [6.07, 6.45) is 4.81. The van der Waals surface area contributed by atoms with E-state index in [1.165, 1.54) is 40.4 Å². The highest BCUT2D eigenvalue weighted by atomic mass is 32.1. The number of rotatable bonds is 7. The summed E-state index contributed by atoms with van der Waals surface area (Å²) in [5.74, 6) is -2.75. The van der Waals surface area contributed by atoms with Gasteiger partial charge < -0.3 is 20.2 Å². The standard InChI is InChI=1S/C27H21F2N5O3S/c1-30-25(35)16-10-19-20(13-32-24(19)31-11-16)23-7-5-17(38-23)12-33-26(36)18-3-2-8-34(27(18)37)14-15-4-6-21(28)22(29)9-15/h2-11,13H,12,14H2,1H3,(H,30,35)(H,31,32)(H,33,36). The van der Waals surface area contributed by atoms with E-state index >= 15 is 0 Å². The summed E-state index contributed by atoms with van der Waals surface area (Å²) in [5.41, 5.74) is 1.77. The summed E-state index contributed by atoms with van der Waals surface area (Å²) < 4.78 is 28.0. The highest BCUT2D eigenvalue weighted by molar-refractivity contribution is 7.15. The second kappa shape index (κ2) is 10.4. The lowest BCUT2D eigenvalue weighted by Gasteiger charge is -2.09. The number of halogens is 2. The molecular formula is C27H21F2N5O3S. The lowest BCUT2D eigenvalue weighted by Crippen LogP contribution is -2.32. The van der Waals surface area contributed by atoms with Crippen LogP contribution in [0.1, 0.15) is 31.2 Å². The minimum Gasteiger partial charge on any atom is -0.355 e. The highest BCUT2D eigenvalue weighted by Gasteiger charge is 2.15. The Morgan fingerprint density at radius 3 is 2.71 bits per heavy atom. The molecule has 4 aromatic heterocycles. The molecule has 2 amide bonds. The Morgan fingerprint density at radius 2 is 1.92 bits per heavy atom. The van der Waals surface area contributed by atoms with E-state index in [0.717, 1.165) is 32.8 Å².